The van der Waals surface area contributed by atoms with Crippen LogP contribution in [0.4, 0.5) is 0 Å². The van der Waals surface area contributed by atoms with Gasteiger partial charge in [-0.05, 0) is 109 Å². The molecule has 3 saturated carbocycles. The second kappa shape index (κ2) is 9.47. The lowest BCUT2D eigenvalue weighted by Crippen LogP contribution is -2.49. The number of hydrogen-bond donors (Lipinski definition) is 0. The number of rotatable bonds is 7. The summed E-state index contributed by atoms with van der Waals surface area (Å²) in [4.78, 5) is 0. The first-order valence-electron chi connectivity index (χ1n) is 14.0. The Morgan fingerprint density at radius 3 is 2.20 bits per heavy atom. The van der Waals surface area contributed by atoms with Crippen LogP contribution in [-0.2, 0) is 0 Å². The normalized spacial score (nSPS) is 43.4. The van der Waals surface area contributed by atoms with E-state index in [1.54, 1.807) is 0 Å². The first kappa shape index (κ1) is 24.6. The van der Waals surface area contributed by atoms with Gasteiger partial charge in [0, 0.05) is 0 Å². The highest BCUT2D eigenvalue weighted by Crippen LogP contribution is 2.63. The van der Waals surface area contributed by atoms with Gasteiger partial charge >= 0.3 is 0 Å². The van der Waals surface area contributed by atoms with Gasteiger partial charge in [-0.1, -0.05) is 81.6 Å². The molecular weight excluding hydrogens is 360 g/mol. The van der Waals surface area contributed by atoms with Crippen molar-refractivity contribution in [3.63, 3.8) is 0 Å². The summed E-state index contributed by atoms with van der Waals surface area (Å²) < 4.78 is 0. The molecule has 0 N–H and O–H groups in total. The molecule has 0 radical (unpaired) electrons. The molecule has 3 aliphatic carbocycles. The maximum absolute atomic E-state index is 2.69. The molecule has 9 unspecified atom stereocenters. The van der Waals surface area contributed by atoms with Crippen LogP contribution in [-0.4, -0.2) is 0 Å². The van der Waals surface area contributed by atoms with Gasteiger partial charge in [-0.15, -0.1) is 0 Å². The standard InChI is InChI=1S/C30H56/c1-10-24(20(2)3)12-11-22(5)27-15-16-28(29(27,7)8)26-14-13-25-19-21(4)17-18-30(25,9)23(26)6/h20-28H,10-19H2,1-9H3. The molecule has 0 aromatic heterocycles. The van der Waals surface area contributed by atoms with E-state index < -0.39 is 0 Å². The topological polar surface area (TPSA) is 0 Å². The number of hydrogen-bond acceptors (Lipinski definition) is 0. The van der Waals surface area contributed by atoms with E-state index in [-0.39, 0.29) is 0 Å². The molecule has 3 aliphatic rings. The molecule has 0 heterocycles. The quantitative estimate of drug-likeness (QED) is 0.387. The molecule has 30 heavy (non-hydrogen) atoms. The van der Waals surface area contributed by atoms with Gasteiger partial charge in [0.15, 0.2) is 0 Å². The predicted molar refractivity (Wildman–Crippen MR) is 134 cm³/mol. The Labute approximate surface area is 190 Å². The zero-order chi connectivity index (χ0) is 22.3. The van der Waals surface area contributed by atoms with Crippen molar-refractivity contribution in [1.29, 1.82) is 0 Å². The van der Waals surface area contributed by atoms with Crippen LogP contribution >= 0.6 is 0 Å². The highest BCUT2D eigenvalue weighted by molar-refractivity contribution is 5.04. The van der Waals surface area contributed by atoms with E-state index in [2.05, 4.69) is 62.3 Å². The van der Waals surface area contributed by atoms with Crippen LogP contribution < -0.4 is 0 Å². The molecular formula is C30H56. The van der Waals surface area contributed by atoms with Crippen molar-refractivity contribution in [2.75, 3.05) is 0 Å². The summed E-state index contributed by atoms with van der Waals surface area (Å²) in [7, 11) is 0. The molecule has 0 nitrogen and oxygen atoms in total. The predicted octanol–water partition coefficient (Wildman–Crippen LogP) is 9.63. The highest BCUT2D eigenvalue weighted by atomic mass is 14.6. The van der Waals surface area contributed by atoms with Gasteiger partial charge in [0.2, 0.25) is 0 Å². The van der Waals surface area contributed by atoms with Crippen LogP contribution in [0.3, 0.4) is 0 Å². The van der Waals surface area contributed by atoms with E-state index >= 15 is 0 Å². The van der Waals surface area contributed by atoms with E-state index in [0.717, 1.165) is 53.3 Å². The van der Waals surface area contributed by atoms with Gasteiger partial charge in [0.25, 0.3) is 0 Å². The molecule has 0 amide bonds. The summed E-state index contributed by atoms with van der Waals surface area (Å²) in [5.41, 5.74) is 1.16. The maximum Gasteiger partial charge on any atom is -0.0269 e. The molecule has 0 aromatic carbocycles. The van der Waals surface area contributed by atoms with Gasteiger partial charge in [0.1, 0.15) is 0 Å². The van der Waals surface area contributed by atoms with E-state index in [9.17, 15) is 0 Å². The van der Waals surface area contributed by atoms with Crippen molar-refractivity contribution in [1.82, 2.24) is 0 Å². The van der Waals surface area contributed by atoms with Gasteiger partial charge in [0.05, 0.1) is 0 Å². The third-order valence-electron chi connectivity index (χ3n) is 11.7. The van der Waals surface area contributed by atoms with Crippen molar-refractivity contribution in [3.8, 4) is 0 Å². The lowest BCUT2D eigenvalue weighted by atomic mass is 9.48. The zero-order valence-electron chi connectivity index (χ0n) is 22.3. The summed E-state index contributed by atoms with van der Waals surface area (Å²) in [5, 5.41) is 0. The van der Waals surface area contributed by atoms with Crippen LogP contribution in [0.5, 0.6) is 0 Å². The first-order chi connectivity index (χ1) is 14.0. The van der Waals surface area contributed by atoms with Crippen molar-refractivity contribution in [3.05, 3.63) is 0 Å². The third-order valence-corrected chi connectivity index (χ3v) is 11.7. The Morgan fingerprint density at radius 2 is 1.57 bits per heavy atom. The van der Waals surface area contributed by atoms with Crippen molar-refractivity contribution < 1.29 is 0 Å². The molecule has 0 spiro atoms. The average molecular weight is 417 g/mol. The summed E-state index contributed by atoms with van der Waals surface area (Å²) in [6, 6.07) is 0. The molecule has 0 saturated heterocycles. The fraction of sp³-hybridized carbons (Fsp3) is 1.00. The summed E-state index contributed by atoms with van der Waals surface area (Å²) in [5.74, 6) is 8.46. The minimum absolute atomic E-state index is 0.531. The van der Waals surface area contributed by atoms with Gasteiger partial charge in [-0.2, -0.15) is 0 Å². The van der Waals surface area contributed by atoms with Crippen LogP contribution in [0.15, 0.2) is 0 Å². The Bertz CT molecular complexity index is 544. The lowest BCUT2D eigenvalue weighted by Gasteiger charge is -2.57. The average Bonchev–Trinajstić information content (AvgIpc) is 2.98. The minimum atomic E-state index is 0.531. The van der Waals surface area contributed by atoms with E-state index in [4.69, 9.17) is 0 Å². The van der Waals surface area contributed by atoms with Gasteiger partial charge in [-0.25, -0.2) is 0 Å². The molecule has 0 heteroatoms. The van der Waals surface area contributed by atoms with Crippen molar-refractivity contribution in [2.24, 2.45) is 64.1 Å². The van der Waals surface area contributed by atoms with Crippen molar-refractivity contribution in [2.45, 2.75) is 127 Å². The van der Waals surface area contributed by atoms with E-state index in [0.29, 0.717) is 10.8 Å². The Morgan fingerprint density at radius 1 is 0.867 bits per heavy atom. The lowest BCUT2D eigenvalue weighted by molar-refractivity contribution is -0.0734. The van der Waals surface area contributed by atoms with E-state index in [1.165, 1.54) is 64.2 Å². The third kappa shape index (κ3) is 4.55. The molecule has 3 rings (SSSR count). The summed E-state index contributed by atoms with van der Waals surface area (Å²) >= 11 is 0. The van der Waals surface area contributed by atoms with Crippen LogP contribution in [0.2, 0.25) is 0 Å². The molecule has 9 atom stereocenters. The fourth-order valence-electron chi connectivity index (χ4n) is 9.21. The largest absolute Gasteiger partial charge is 0.0651 e. The Kier molecular flexibility index (Phi) is 7.78. The molecule has 3 fully saturated rings. The Balaban J connectivity index is 1.66. The van der Waals surface area contributed by atoms with Gasteiger partial charge < -0.3 is 0 Å². The van der Waals surface area contributed by atoms with Crippen molar-refractivity contribution >= 4 is 0 Å². The van der Waals surface area contributed by atoms with Crippen LogP contribution in [0, 0.1) is 64.1 Å². The molecule has 176 valence electrons. The first-order valence-corrected chi connectivity index (χ1v) is 14.0. The van der Waals surface area contributed by atoms with E-state index in [1.807, 2.05) is 0 Å². The zero-order valence-corrected chi connectivity index (χ0v) is 22.3. The van der Waals surface area contributed by atoms with Crippen LogP contribution in [0.25, 0.3) is 0 Å². The summed E-state index contributed by atoms with van der Waals surface area (Å²) in [6.45, 7) is 23.1. The highest BCUT2D eigenvalue weighted by Gasteiger charge is 2.55. The fourth-order valence-corrected chi connectivity index (χ4v) is 9.21. The van der Waals surface area contributed by atoms with Crippen LogP contribution in [0.1, 0.15) is 127 Å². The second-order valence-corrected chi connectivity index (χ2v) is 13.7. The second-order valence-electron chi connectivity index (χ2n) is 13.7. The number of fused-ring (bicyclic) bond motifs is 1. The minimum Gasteiger partial charge on any atom is -0.0651 e. The maximum atomic E-state index is 2.69. The van der Waals surface area contributed by atoms with Gasteiger partial charge in [-0.3, -0.25) is 0 Å². The molecule has 0 aliphatic heterocycles. The smallest absolute Gasteiger partial charge is 0.0269 e. The SMILES string of the molecule is CCC(CCC(C)C1CCC(C2CCC3CC(C)CCC3(C)C2C)C1(C)C)C(C)C. The molecule has 0 bridgehead atoms. The summed E-state index contributed by atoms with van der Waals surface area (Å²) in [6.07, 6.45) is 14.8. The molecule has 0 aromatic rings. The monoisotopic (exact) mass is 416 g/mol. The Hall–Kier alpha value is 0.